The third-order valence-corrected chi connectivity index (χ3v) is 2.96. The fourth-order valence-corrected chi connectivity index (χ4v) is 1.98. The van der Waals surface area contributed by atoms with E-state index in [1.54, 1.807) is 18.2 Å². The van der Waals surface area contributed by atoms with Crippen LogP contribution in [0.15, 0.2) is 33.2 Å². The van der Waals surface area contributed by atoms with Crippen molar-refractivity contribution in [1.82, 2.24) is 0 Å². The lowest BCUT2D eigenvalue weighted by Gasteiger charge is -2.04. The number of halogens is 2. The zero-order valence-electron chi connectivity index (χ0n) is 8.63. The molecule has 2 aromatic rings. The Hall–Kier alpha value is -1.13. The molecule has 1 aromatic heterocycles. The molecule has 4 heteroatoms. The van der Waals surface area contributed by atoms with Crippen LogP contribution in [0, 0.1) is 12.7 Å². The van der Waals surface area contributed by atoms with Crippen LogP contribution < -0.4 is 0 Å². The molecule has 1 heterocycles. The average Bonchev–Trinajstić information content (AvgIpc) is 2.71. The summed E-state index contributed by atoms with van der Waals surface area (Å²) in [4.78, 5) is 0. The molecule has 0 aliphatic rings. The Balaban J connectivity index is 2.51. The van der Waals surface area contributed by atoms with Crippen LogP contribution in [0.25, 0.3) is 11.3 Å². The predicted octanol–water partition coefficient (Wildman–Crippen LogP) is 3.65. The summed E-state index contributed by atoms with van der Waals surface area (Å²) in [6.07, 6.45) is 0. The first kappa shape index (κ1) is 11.4. The van der Waals surface area contributed by atoms with E-state index in [1.807, 2.05) is 6.92 Å². The van der Waals surface area contributed by atoms with Crippen molar-refractivity contribution in [2.45, 2.75) is 13.5 Å². The summed E-state index contributed by atoms with van der Waals surface area (Å²) in [7, 11) is 0. The van der Waals surface area contributed by atoms with E-state index < -0.39 is 0 Å². The molecular weight excluding hydrogens is 275 g/mol. The Bertz CT molecular complexity index is 520. The molecule has 0 radical (unpaired) electrons. The molecule has 0 saturated carbocycles. The van der Waals surface area contributed by atoms with Gasteiger partial charge < -0.3 is 9.52 Å². The second-order valence-electron chi connectivity index (χ2n) is 3.51. The number of hydrogen-bond donors (Lipinski definition) is 1. The number of aliphatic hydroxyl groups is 1. The largest absolute Gasteiger partial charge is 0.459 e. The summed E-state index contributed by atoms with van der Waals surface area (Å²) >= 11 is 3.13. The second kappa shape index (κ2) is 4.39. The number of benzene rings is 1. The summed E-state index contributed by atoms with van der Waals surface area (Å²) in [5, 5.41) is 8.89. The minimum absolute atomic E-state index is 0.155. The van der Waals surface area contributed by atoms with Crippen molar-refractivity contribution in [1.29, 1.82) is 0 Å². The van der Waals surface area contributed by atoms with Gasteiger partial charge in [-0.05, 0) is 52.7 Å². The minimum atomic E-state index is -0.331. The molecule has 0 aliphatic heterocycles. The number of aliphatic hydroxyl groups excluding tert-OH is 1. The van der Waals surface area contributed by atoms with Gasteiger partial charge in [0, 0.05) is 5.56 Å². The van der Waals surface area contributed by atoms with Crippen molar-refractivity contribution >= 4 is 15.9 Å². The quantitative estimate of drug-likeness (QED) is 0.913. The SMILES string of the molecule is Cc1cc(Br)c(F)cc1-c1ccc(CO)o1. The molecule has 2 rings (SSSR count). The van der Waals surface area contributed by atoms with Gasteiger partial charge in [-0.25, -0.2) is 4.39 Å². The van der Waals surface area contributed by atoms with Crippen molar-refractivity contribution in [3.05, 3.63) is 45.9 Å². The third-order valence-electron chi connectivity index (χ3n) is 2.35. The monoisotopic (exact) mass is 284 g/mol. The van der Waals surface area contributed by atoms with E-state index in [2.05, 4.69) is 15.9 Å². The summed E-state index contributed by atoms with van der Waals surface area (Å²) in [5.41, 5.74) is 1.60. The molecule has 16 heavy (non-hydrogen) atoms. The summed E-state index contributed by atoms with van der Waals surface area (Å²) in [6.45, 7) is 1.72. The number of furan rings is 1. The standard InChI is InChI=1S/C12H10BrFO2/c1-7-4-10(13)11(14)5-9(7)12-3-2-8(6-15)16-12/h2-5,15H,6H2,1H3. The average molecular weight is 285 g/mol. The normalized spacial score (nSPS) is 10.8. The Morgan fingerprint density at radius 2 is 2.12 bits per heavy atom. The van der Waals surface area contributed by atoms with Gasteiger partial charge in [-0.2, -0.15) is 0 Å². The van der Waals surface area contributed by atoms with E-state index >= 15 is 0 Å². The van der Waals surface area contributed by atoms with Crippen molar-refractivity contribution in [2.24, 2.45) is 0 Å². The Labute approximate surface area is 101 Å². The second-order valence-corrected chi connectivity index (χ2v) is 4.36. The maximum Gasteiger partial charge on any atom is 0.138 e. The summed E-state index contributed by atoms with van der Waals surface area (Å²) in [6, 6.07) is 6.52. The van der Waals surface area contributed by atoms with Crippen LogP contribution in [0.4, 0.5) is 4.39 Å². The smallest absolute Gasteiger partial charge is 0.138 e. The number of hydrogen-bond acceptors (Lipinski definition) is 2. The topological polar surface area (TPSA) is 33.4 Å². The summed E-state index contributed by atoms with van der Waals surface area (Å²) < 4.78 is 19.2. The highest BCUT2D eigenvalue weighted by Crippen LogP contribution is 2.29. The first-order valence-corrected chi connectivity index (χ1v) is 5.56. The van der Waals surface area contributed by atoms with Crippen LogP contribution in [-0.2, 0) is 6.61 Å². The van der Waals surface area contributed by atoms with Crippen LogP contribution in [0.3, 0.4) is 0 Å². The van der Waals surface area contributed by atoms with E-state index in [4.69, 9.17) is 9.52 Å². The predicted molar refractivity (Wildman–Crippen MR) is 62.5 cm³/mol. The van der Waals surface area contributed by atoms with Gasteiger partial charge in [0.2, 0.25) is 0 Å². The maximum absolute atomic E-state index is 13.4. The lowest BCUT2D eigenvalue weighted by atomic mass is 10.1. The molecule has 0 saturated heterocycles. The van der Waals surface area contributed by atoms with E-state index in [0.717, 1.165) is 5.56 Å². The van der Waals surface area contributed by atoms with Gasteiger partial charge >= 0.3 is 0 Å². The van der Waals surface area contributed by atoms with Crippen molar-refractivity contribution in [3.8, 4) is 11.3 Å². The Morgan fingerprint density at radius 3 is 2.75 bits per heavy atom. The van der Waals surface area contributed by atoms with Crippen molar-refractivity contribution in [2.75, 3.05) is 0 Å². The lowest BCUT2D eigenvalue weighted by molar-refractivity contribution is 0.248. The van der Waals surface area contributed by atoms with E-state index in [-0.39, 0.29) is 12.4 Å². The molecule has 0 atom stereocenters. The molecule has 0 amide bonds. The zero-order valence-corrected chi connectivity index (χ0v) is 10.2. The van der Waals surface area contributed by atoms with Crippen molar-refractivity contribution < 1.29 is 13.9 Å². The highest BCUT2D eigenvalue weighted by molar-refractivity contribution is 9.10. The Morgan fingerprint density at radius 1 is 1.38 bits per heavy atom. The van der Waals surface area contributed by atoms with Gasteiger partial charge in [0.1, 0.15) is 23.9 Å². The van der Waals surface area contributed by atoms with Crippen LogP contribution >= 0.6 is 15.9 Å². The Kier molecular flexibility index (Phi) is 3.12. The molecule has 0 aliphatic carbocycles. The highest BCUT2D eigenvalue weighted by Gasteiger charge is 2.10. The maximum atomic E-state index is 13.4. The minimum Gasteiger partial charge on any atom is -0.459 e. The van der Waals surface area contributed by atoms with E-state index in [1.165, 1.54) is 6.07 Å². The lowest BCUT2D eigenvalue weighted by Crippen LogP contribution is -1.86. The van der Waals surface area contributed by atoms with Crippen molar-refractivity contribution in [3.63, 3.8) is 0 Å². The molecule has 0 unspecified atom stereocenters. The molecule has 1 aromatic carbocycles. The van der Waals surface area contributed by atoms with Gasteiger partial charge in [-0.15, -0.1) is 0 Å². The molecule has 84 valence electrons. The fraction of sp³-hybridized carbons (Fsp3) is 0.167. The molecule has 0 spiro atoms. The fourth-order valence-electron chi connectivity index (χ4n) is 1.52. The molecule has 2 nitrogen and oxygen atoms in total. The first-order chi connectivity index (χ1) is 7.61. The van der Waals surface area contributed by atoms with Crippen LogP contribution in [0.2, 0.25) is 0 Å². The van der Waals surface area contributed by atoms with E-state index in [0.29, 0.717) is 21.6 Å². The summed E-state index contributed by atoms with van der Waals surface area (Å²) in [5.74, 6) is 0.702. The van der Waals surface area contributed by atoms with E-state index in [9.17, 15) is 4.39 Å². The highest BCUT2D eigenvalue weighted by atomic mass is 79.9. The zero-order chi connectivity index (χ0) is 11.7. The molecule has 0 fully saturated rings. The first-order valence-electron chi connectivity index (χ1n) is 4.77. The van der Waals surface area contributed by atoms with Crippen LogP contribution in [0.1, 0.15) is 11.3 Å². The van der Waals surface area contributed by atoms with Gasteiger partial charge in [0.05, 0.1) is 4.47 Å². The van der Waals surface area contributed by atoms with Crippen LogP contribution in [0.5, 0.6) is 0 Å². The molecule has 0 bridgehead atoms. The van der Waals surface area contributed by atoms with Gasteiger partial charge in [0.15, 0.2) is 0 Å². The molecule has 1 N–H and O–H groups in total. The third kappa shape index (κ3) is 2.03. The van der Waals surface area contributed by atoms with Gasteiger partial charge in [0.25, 0.3) is 0 Å². The number of aryl methyl sites for hydroxylation is 1. The molecular formula is C12H10BrFO2. The van der Waals surface area contributed by atoms with Gasteiger partial charge in [-0.1, -0.05) is 0 Å². The van der Waals surface area contributed by atoms with Crippen LogP contribution in [-0.4, -0.2) is 5.11 Å². The number of rotatable bonds is 2. The van der Waals surface area contributed by atoms with Gasteiger partial charge in [-0.3, -0.25) is 0 Å².